The van der Waals surface area contributed by atoms with Gasteiger partial charge in [0.2, 0.25) is 10.0 Å². The fourth-order valence-electron chi connectivity index (χ4n) is 2.08. The summed E-state index contributed by atoms with van der Waals surface area (Å²) in [6.45, 7) is 5.16. The predicted octanol–water partition coefficient (Wildman–Crippen LogP) is 2.20. The zero-order valence-electron chi connectivity index (χ0n) is 13.9. The number of anilines is 1. The number of nitrogens with one attached hydrogen (secondary N) is 1. The van der Waals surface area contributed by atoms with E-state index in [9.17, 15) is 18.0 Å². The van der Waals surface area contributed by atoms with Gasteiger partial charge in [-0.3, -0.25) is 4.79 Å². The van der Waals surface area contributed by atoms with Gasteiger partial charge in [-0.2, -0.15) is 0 Å². The van der Waals surface area contributed by atoms with Crippen molar-refractivity contribution >= 4 is 38.9 Å². The minimum Gasteiger partial charge on any atom is -0.449 e. The normalized spacial score (nSPS) is 12.5. The van der Waals surface area contributed by atoms with E-state index in [4.69, 9.17) is 9.88 Å². The van der Waals surface area contributed by atoms with Gasteiger partial charge < -0.3 is 10.1 Å². The van der Waals surface area contributed by atoms with Gasteiger partial charge in [-0.15, -0.1) is 11.3 Å². The van der Waals surface area contributed by atoms with E-state index in [0.717, 1.165) is 9.75 Å². The highest BCUT2D eigenvalue weighted by atomic mass is 32.2. The second-order valence-corrected chi connectivity index (χ2v) is 8.45. The van der Waals surface area contributed by atoms with Gasteiger partial charge in [0.1, 0.15) is 0 Å². The van der Waals surface area contributed by atoms with Gasteiger partial charge in [0.25, 0.3) is 5.91 Å². The van der Waals surface area contributed by atoms with Crippen molar-refractivity contribution < 1.29 is 22.7 Å². The van der Waals surface area contributed by atoms with E-state index >= 15 is 0 Å². The van der Waals surface area contributed by atoms with Crippen molar-refractivity contribution in [3.63, 3.8) is 0 Å². The second kappa shape index (κ2) is 7.34. The van der Waals surface area contributed by atoms with E-state index < -0.39 is 28.0 Å². The lowest BCUT2D eigenvalue weighted by atomic mass is 10.2. The molecule has 1 heterocycles. The van der Waals surface area contributed by atoms with Gasteiger partial charge in [-0.1, -0.05) is 0 Å². The first-order chi connectivity index (χ1) is 11.6. The van der Waals surface area contributed by atoms with Crippen molar-refractivity contribution in [2.75, 3.05) is 5.32 Å². The van der Waals surface area contributed by atoms with Crippen molar-refractivity contribution in [1.82, 2.24) is 0 Å². The Morgan fingerprint density at radius 1 is 1.20 bits per heavy atom. The van der Waals surface area contributed by atoms with Crippen LogP contribution in [0.25, 0.3) is 0 Å². The molecular weight excluding hydrogens is 364 g/mol. The molecule has 7 nitrogen and oxygen atoms in total. The van der Waals surface area contributed by atoms with Gasteiger partial charge in [0, 0.05) is 15.4 Å². The number of nitrogens with two attached hydrogens (primary N) is 1. The smallest absolute Gasteiger partial charge is 0.340 e. The molecule has 25 heavy (non-hydrogen) atoms. The Labute approximate surface area is 149 Å². The van der Waals surface area contributed by atoms with Crippen LogP contribution in [0.2, 0.25) is 0 Å². The van der Waals surface area contributed by atoms with Crippen LogP contribution in [0.4, 0.5) is 5.69 Å². The zero-order chi connectivity index (χ0) is 18.8. The quantitative estimate of drug-likeness (QED) is 0.769. The van der Waals surface area contributed by atoms with Gasteiger partial charge in [-0.25, -0.2) is 18.4 Å². The van der Waals surface area contributed by atoms with Crippen LogP contribution in [0, 0.1) is 13.8 Å². The summed E-state index contributed by atoms with van der Waals surface area (Å²) in [6.07, 6.45) is -1.01. The minimum absolute atomic E-state index is 0.0618. The number of benzene rings is 1. The topological polar surface area (TPSA) is 116 Å². The molecule has 0 aliphatic heterocycles. The molecule has 0 unspecified atom stereocenters. The Morgan fingerprint density at radius 3 is 2.28 bits per heavy atom. The first-order valence-corrected chi connectivity index (χ1v) is 9.66. The van der Waals surface area contributed by atoms with E-state index in [-0.39, 0.29) is 4.90 Å². The van der Waals surface area contributed by atoms with Crippen LogP contribution in [-0.2, 0) is 19.6 Å². The molecule has 0 aliphatic rings. The highest BCUT2D eigenvalue weighted by Crippen LogP contribution is 2.22. The Morgan fingerprint density at radius 2 is 1.80 bits per heavy atom. The molecule has 134 valence electrons. The Bertz CT molecular complexity index is 901. The molecule has 0 radical (unpaired) electrons. The number of ether oxygens (including phenoxy) is 1. The third kappa shape index (κ3) is 4.88. The number of amides is 1. The molecular formula is C16H18N2O5S2. The van der Waals surface area contributed by atoms with Crippen LogP contribution in [0.1, 0.15) is 27.0 Å². The number of carbonyl (C=O) groups excluding carboxylic acids is 2. The van der Waals surface area contributed by atoms with E-state index in [2.05, 4.69) is 5.32 Å². The van der Waals surface area contributed by atoms with Crippen molar-refractivity contribution in [2.24, 2.45) is 5.14 Å². The predicted molar refractivity (Wildman–Crippen MR) is 95.1 cm³/mol. The summed E-state index contributed by atoms with van der Waals surface area (Å²) in [5, 5.41) is 7.56. The number of carbonyl (C=O) groups is 2. The number of aryl methyl sites for hydroxylation is 2. The Kier molecular flexibility index (Phi) is 5.61. The van der Waals surface area contributed by atoms with E-state index in [1.54, 1.807) is 6.07 Å². The molecule has 9 heteroatoms. The summed E-state index contributed by atoms with van der Waals surface area (Å²) in [7, 11) is -3.79. The van der Waals surface area contributed by atoms with Crippen molar-refractivity contribution in [3.8, 4) is 0 Å². The van der Waals surface area contributed by atoms with Crippen LogP contribution < -0.4 is 10.5 Å². The van der Waals surface area contributed by atoms with Crippen LogP contribution in [0.5, 0.6) is 0 Å². The number of hydrogen-bond donors (Lipinski definition) is 2. The maximum absolute atomic E-state index is 12.1. The average molecular weight is 382 g/mol. The zero-order valence-corrected chi connectivity index (χ0v) is 15.5. The summed E-state index contributed by atoms with van der Waals surface area (Å²) in [4.78, 5) is 26.0. The molecule has 0 spiro atoms. The Hall–Kier alpha value is -2.23. The Balaban J connectivity index is 2.00. The molecule has 0 bridgehead atoms. The van der Waals surface area contributed by atoms with Crippen molar-refractivity contribution in [2.45, 2.75) is 31.8 Å². The van der Waals surface area contributed by atoms with Crippen LogP contribution in [0.3, 0.4) is 0 Å². The number of sulfonamides is 1. The highest BCUT2D eigenvalue weighted by Gasteiger charge is 2.21. The van der Waals surface area contributed by atoms with Gasteiger partial charge in [-0.05, 0) is 51.1 Å². The molecule has 2 aromatic rings. The molecule has 0 fully saturated rings. The number of hydrogen-bond acceptors (Lipinski definition) is 6. The van der Waals surface area contributed by atoms with Gasteiger partial charge in [0.15, 0.2) is 6.10 Å². The van der Waals surface area contributed by atoms with Gasteiger partial charge in [0.05, 0.1) is 10.5 Å². The summed E-state index contributed by atoms with van der Waals surface area (Å²) >= 11 is 1.48. The van der Waals surface area contributed by atoms with Crippen molar-refractivity contribution in [3.05, 3.63) is 45.6 Å². The first kappa shape index (κ1) is 19.1. The molecule has 1 aromatic heterocycles. The maximum atomic E-state index is 12.1. The second-order valence-electron chi connectivity index (χ2n) is 5.43. The maximum Gasteiger partial charge on any atom is 0.340 e. The fourth-order valence-corrected chi connectivity index (χ4v) is 3.51. The minimum atomic E-state index is -3.79. The first-order valence-electron chi connectivity index (χ1n) is 7.29. The van der Waals surface area contributed by atoms with Crippen LogP contribution in [-0.4, -0.2) is 26.4 Å². The molecule has 0 saturated carbocycles. The van der Waals surface area contributed by atoms with E-state index in [0.29, 0.717) is 11.3 Å². The average Bonchev–Trinajstić information content (AvgIpc) is 2.85. The monoisotopic (exact) mass is 382 g/mol. The molecule has 0 aliphatic carbocycles. The number of rotatable bonds is 5. The lowest BCUT2D eigenvalue weighted by Gasteiger charge is -2.13. The van der Waals surface area contributed by atoms with Crippen LogP contribution in [0.15, 0.2) is 35.2 Å². The SMILES string of the molecule is Cc1cc(C(=O)O[C@@H](C)C(=O)Nc2ccc(S(N)(=O)=O)cc2)c(C)s1. The fraction of sp³-hybridized carbons (Fsp3) is 0.250. The molecule has 2 rings (SSSR count). The van der Waals surface area contributed by atoms with E-state index in [1.807, 2.05) is 13.8 Å². The van der Waals surface area contributed by atoms with Gasteiger partial charge >= 0.3 is 5.97 Å². The van der Waals surface area contributed by atoms with Crippen molar-refractivity contribution in [1.29, 1.82) is 0 Å². The largest absolute Gasteiger partial charge is 0.449 e. The molecule has 1 atom stereocenters. The molecule has 1 amide bonds. The van der Waals surface area contributed by atoms with E-state index in [1.165, 1.54) is 42.5 Å². The summed E-state index contributed by atoms with van der Waals surface area (Å²) in [5.41, 5.74) is 0.808. The standard InChI is InChI=1S/C16H18N2O5S2/c1-9-8-14(11(3)24-9)16(20)23-10(2)15(19)18-12-4-6-13(7-5-12)25(17,21)22/h4-8,10H,1-3H3,(H,18,19)(H2,17,21,22)/t10-/m0/s1. The third-order valence-electron chi connectivity index (χ3n) is 3.36. The lowest BCUT2D eigenvalue weighted by molar-refractivity contribution is -0.123. The molecule has 0 saturated heterocycles. The number of thiophene rings is 1. The number of primary sulfonamides is 1. The number of esters is 1. The summed E-state index contributed by atoms with van der Waals surface area (Å²) in [6, 6.07) is 7.08. The lowest BCUT2D eigenvalue weighted by Crippen LogP contribution is -2.30. The molecule has 3 N–H and O–H groups in total. The summed E-state index contributed by atoms with van der Waals surface area (Å²) in [5.74, 6) is -1.09. The highest BCUT2D eigenvalue weighted by molar-refractivity contribution is 7.89. The summed E-state index contributed by atoms with van der Waals surface area (Å²) < 4.78 is 27.6. The molecule has 1 aromatic carbocycles. The third-order valence-corrected chi connectivity index (χ3v) is 5.26. The van der Waals surface area contributed by atoms with Crippen LogP contribution >= 0.6 is 11.3 Å².